The van der Waals surface area contributed by atoms with E-state index in [0.717, 1.165) is 10.5 Å². The zero-order valence-corrected chi connectivity index (χ0v) is 11.6. The molecule has 2 aromatic rings. The Morgan fingerprint density at radius 3 is 2.35 bits per heavy atom. The van der Waals surface area contributed by atoms with E-state index >= 15 is 0 Å². The lowest BCUT2D eigenvalue weighted by Gasteiger charge is -2.23. The number of aromatic nitrogens is 2. The molecule has 0 aliphatic carbocycles. The molecule has 3 heteroatoms. The van der Waals surface area contributed by atoms with E-state index in [1.807, 2.05) is 6.20 Å². The highest BCUT2D eigenvalue weighted by Crippen LogP contribution is 2.29. The topological polar surface area (TPSA) is 20.7 Å². The first-order valence-corrected chi connectivity index (χ1v) is 6.19. The van der Waals surface area contributed by atoms with Crippen LogP contribution < -0.4 is 0 Å². The van der Waals surface area contributed by atoms with Crippen LogP contribution in [0, 0.1) is 11.7 Å². The van der Waals surface area contributed by atoms with Crippen molar-refractivity contribution in [2.24, 2.45) is 0 Å². The summed E-state index contributed by atoms with van der Waals surface area (Å²) in [6.07, 6.45) is 1.95. The second kappa shape index (κ2) is 4.15. The zero-order chi connectivity index (χ0) is 12.6. The fraction of sp³-hybridized carbons (Fsp3) is 0.357. The lowest BCUT2D eigenvalue weighted by molar-refractivity contribution is 0.585. The first-order valence-electron chi connectivity index (χ1n) is 5.78. The van der Waals surface area contributed by atoms with Crippen molar-refractivity contribution in [3.63, 3.8) is 0 Å². The van der Waals surface area contributed by atoms with Crippen molar-refractivity contribution in [1.82, 2.24) is 9.55 Å². The van der Waals surface area contributed by atoms with Gasteiger partial charge in [-0.05, 0) is 36.2 Å². The number of hydrogen-bond donors (Lipinski definition) is 1. The Balaban J connectivity index is 2.73. The van der Waals surface area contributed by atoms with Gasteiger partial charge in [0.2, 0.25) is 0 Å². The van der Waals surface area contributed by atoms with E-state index in [0.29, 0.717) is 0 Å². The van der Waals surface area contributed by atoms with Gasteiger partial charge in [0.15, 0.2) is 4.77 Å². The summed E-state index contributed by atoms with van der Waals surface area (Å²) in [7, 11) is 0. The predicted molar refractivity (Wildman–Crippen MR) is 74.4 cm³/mol. The minimum Gasteiger partial charge on any atom is -0.337 e. The van der Waals surface area contributed by atoms with E-state index in [9.17, 15) is 0 Å². The van der Waals surface area contributed by atoms with Gasteiger partial charge in [-0.2, -0.15) is 0 Å². The van der Waals surface area contributed by atoms with Gasteiger partial charge in [-0.3, -0.25) is 4.57 Å². The molecule has 2 rings (SSSR count). The maximum Gasteiger partial charge on any atom is 0.182 e. The highest BCUT2D eigenvalue weighted by molar-refractivity contribution is 7.71. The summed E-state index contributed by atoms with van der Waals surface area (Å²) in [5, 5.41) is 0. The molecule has 0 unspecified atom stereocenters. The molecule has 0 amide bonds. The van der Waals surface area contributed by atoms with Gasteiger partial charge in [0.1, 0.15) is 0 Å². The molecule has 0 saturated carbocycles. The van der Waals surface area contributed by atoms with E-state index < -0.39 is 0 Å². The van der Waals surface area contributed by atoms with Crippen molar-refractivity contribution in [2.45, 2.75) is 33.1 Å². The first kappa shape index (κ1) is 12.1. The molecular weight excluding hydrogens is 228 g/mol. The average molecular weight is 246 g/mol. The van der Waals surface area contributed by atoms with Crippen molar-refractivity contribution in [3.8, 4) is 5.69 Å². The van der Waals surface area contributed by atoms with Crippen LogP contribution in [0.15, 0.2) is 30.5 Å². The quantitative estimate of drug-likeness (QED) is 0.750. The molecule has 0 atom stereocenters. The monoisotopic (exact) mass is 246 g/mol. The Labute approximate surface area is 107 Å². The Bertz CT molecular complexity index is 585. The number of nitrogens with one attached hydrogen (secondary N) is 1. The SMILES string of the molecule is Cc1c[nH]c(=S)n1-c1ccccc1C(C)(C)C. The minimum absolute atomic E-state index is 0.106. The molecule has 2 nitrogen and oxygen atoms in total. The maximum absolute atomic E-state index is 5.34. The molecule has 1 heterocycles. The third kappa shape index (κ3) is 2.20. The molecule has 1 aromatic carbocycles. The van der Waals surface area contributed by atoms with Crippen molar-refractivity contribution in [3.05, 3.63) is 46.5 Å². The van der Waals surface area contributed by atoms with Gasteiger partial charge in [0, 0.05) is 11.9 Å². The van der Waals surface area contributed by atoms with Gasteiger partial charge in [-0.1, -0.05) is 39.0 Å². The maximum atomic E-state index is 5.34. The summed E-state index contributed by atoms with van der Waals surface area (Å²) in [4.78, 5) is 3.09. The number of rotatable bonds is 1. The number of imidazole rings is 1. The molecule has 0 spiro atoms. The molecule has 1 aromatic heterocycles. The van der Waals surface area contributed by atoms with Gasteiger partial charge < -0.3 is 4.98 Å². The molecule has 0 aliphatic rings. The van der Waals surface area contributed by atoms with Crippen LogP contribution in [-0.2, 0) is 5.41 Å². The van der Waals surface area contributed by atoms with Crippen LogP contribution >= 0.6 is 12.2 Å². The zero-order valence-electron chi connectivity index (χ0n) is 10.7. The van der Waals surface area contributed by atoms with Gasteiger partial charge in [0.25, 0.3) is 0 Å². The summed E-state index contributed by atoms with van der Waals surface area (Å²) >= 11 is 5.34. The summed E-state index contributed by atoms with van der Waals surface area (Å²) in [5.41, 5.74) is 3.71. The highest BCUT2D eigenvalue weighted by atomic mass is 32.1. The lowest BCUT2D eigenvalue weighted by Crippen LogP contribution is -2.15. The second-order valence-corrected chi connectivity index (χ2v) is 5.72. The second-order valence-electron chi connectivity index (χ2n) is 5.34. The van der Waals surface area contributed by atoms with E-state index in [2.05, 4.69) is 61.5 Å². The fourth-order valence-electron chi connectivity index (χ4n) is 2.06. The smallest absolute Gasteiger partial charge is 0.182 e. The van der Waals surface area contributed by atoms with Crippen molar-refractivity contribution in [2.75, 3.05) is 0 Å². The first-order chi connectivity index (χ1) is 7.91. The number of nitrogens with zero attached hydrogens (tertiary/aromatic N) is 1. The largest absolute Gasteiger partial charge is 0.337 e. The Kier molecular flexibility index (Phi) is 2.96. The number of para-hydroxylation sites is 1. The Hall–Kier alpha value is -1.35. The molecular formula is C14H18N2S. The van der Waals surface area contributed by atoms with Crippen LogP contribution in [0.25, 0.3) is 5.69 Å². The molecule has 0 radical (unpaired) electrons. The summed E-state index contributed by atoms with van der Waals surface area (Å²) in [6.45, 7) is 8.72. The average Bonchev–Trinajstić information content (AvgIpc) is 2.57. The van der Waals surface area contributed by atoms with Crippen molar-refractivity contribution in [1.29, 1.82) is 0 Å². The van der Waals surface area contributed by atoms with Crippen LogP contribution in [0.3, 0.4) is 0 Å². The van der Waals surface area contributed by atoms with E-state index in [1.165, 1.54) is 11.3 Å². The molecule has 1 N–H and O–H groups in total. The predicted octanol–water partition coefficient (Wildman–Crippen LogP) is 4.14. The van der Waals surface area contributed by atoms with E-state index in [1.54, 1.807) is 0 Å². The van der Waals surface area contributed by atoms with Crippen LogP contribution in [0.2, 0.25) is 0 Å². The molecule has 90 valence electrons. The Morgan fingerprint density at radius 1 is 1.18 bits per heavy atom. The molecule has 17 heavy (non-hydrogen) atoms. The Morgan fingerprint density at radius 2 is 1.82 bits per heavy atom. The van der Waals surface area contributed by atoms with Crippen molar-refractivity contribution < 1.29 is 0 Å². The van der Waals surface area contributed by atoms with E-state index in [4.69, 9.17) is 12.2 Å². The van der Waals surface area contributed by atoms with Gasteiger partial charge >= 0.3 is 0 Å². The van der Waals surface area contributed by atoms with Crippen LogP contribution in [0.4, 0.5) is 0 Å². The van der Waals surface area contributed by atoms with Gasteiger partial charge in [-0.15, -0.1) is 0 Å². The van der Waals surface area contributed by atoms with Gasteiger partial charge in [-0.25, -0.2) is 0 Å². The lowest BCUT2D eigenvalue weighted by atomic mass is 9.86. The molecule has 0 saturated heterocycles. The van der Waals surface area contributed by atoms with Crippen LogP contribution in [0.1, 0.15) is 32.0 Å². The molecule has 0 fully saturated rings. The van der Waals surface area contributed by atoms with Crippen LogP contribution in [-0.4, -0.2) is 9.55 Å². The summed E-state index contributed by atoms with van der Waals surface area (Å²) in [5.74, 6) is 0. The number of aryl methyl sites for hydroxylation is 1. The molecule has 0 bridgehead atoms. The third-order valence-corrected chi connectivity index (χ3v) is 3.21. The van der Waals surface area contributed by atoms with Crippen LogP contribution in [0.5, 0.6) is 0 Å². The summed E-state index contributed by atoms with van der Waals surface area (Å²) in [6, 6.07) is 8.43. The molecule has 0 aliphatic heterocycles. The van der Waals surface area contributed by atoms with E-state index in [-0.39, 0.29) is 5.41 Å². The van der Waals surface area contributed by atoms with Crippen molar-refractivity contribution >= 4 is 12.2 Å². The standard InChI is InChI=1S/C14H18N2S/c1-10-9-15-13(17)16(10)12-8-6-5-7-11(12)14(2,3)4/h5-9H,1-4H3,(H,15,17). The minimum atomic E-state index is 0.106. The number of benzene rings is 1. The number of H-pyrrole nitrogens is 1. The van der Waals surface area contributed by atoms with Gasteiger partial charge in [0.05, 0.1) is 5.69 Å². The number of hydrogen-bond acceptors (Lipinski definition) is 1. The normalized spacial score (nSPS) is 11.8. The highest BCUT2D eigenvalue weighted by Gasteiger charge is 2.19. The third-order valence-electron chi connectivity index (χ3n) is 2.91. The number of aromatic amines is 1. The summed E-state index contributed by atoms with van der Waals surface area (Å²) < 4.78 is 2.84. The fourth-order valence-corrected chi connectivity index (χ4v) is 2.36.